The molecular formula is C11H19N3O. The van der Waals surface area contributed by atoms with E-state index >= 15 is 0 Å². The summed E-state index contributed by atoms with van der Waals surface area (Å²) in [6.45, 7) is 7.01. The van der Waals surface area contributed by atoms with Crippen molar-refractivity contribution in [1.29, 1.82) is 0 Å². The van der Waals surface area contributed by atoms with Gasteiger partial charge in [0, 0.05) is 13.0 Å². The van der Waals surface area contributed by atoms with Crippen LogP contribution in [0.15, 0.2) is 6.20 Å². The van der Waals surface area contributed by atoms with Gasteiger partial charge in [-0.1, -0.05) is 32.4 Å². The van der Waals surface area contributed by atoms with E-state index in [1.165, 1.54) is 0 Å². The number of Topliss-reactive ketones (excluding diaryl/α,β-unsaturated/α-hetero) is 1. The molecule has 4 heteroatoms. The highest BCUT2D eigenvalue weighted by atomic mass is 16.1. The predicted molar refractivity (Wildman–Crippen MR) is 58.7 cm³/mol. The lowest BCUT2D eigenvalue weighted by molar-refractivity contribution is 0.0953. The SMILES string of the molecule is CCCn1nncc1C(=O)CC(C)CC. The van der Waals surface area contributed by atoms with Gasteiger partial charge in [-0.2, -0.15) is 0 Å². The molecule has 1 heterocycles. The van der Waals surface area contributed by atoms with Crippen molar-refractivity contribution in [3.63, 3.8) is 0 Å². The van der Waals surface area contributed by atoms with Gasteiger partial charge in [0.2, 0.25) is 0 Å². The van der Waals surface area contributed by atoms with Crippen LogP contribution in [-0.2, 0) is 6.54 Å². The van der Waals surface area contributed by atoms with Gasteiger partial charge in [-0.15, -0.1) is 5.10 Å². The molecule has 84 valence electrons. The summed E-state index contributed by atoms with van der Waals surface area (Å²) in [4.78, 5) is 11.9. The van der Waals surface area contributed by atoms with E-state index in [4.69, 9.17) is 0 Å². The Balaban J connectivity index is 2.68. The van der Waals surface area contributed by atoms with Crippen molar-refractivity contribution in [2.45, 2.75) is 46.6 Å². The van der Waals surface area contributed by atoms with Gasteiger partial charge in [0.25, 0.3) is 0 Å². The molecule has 0 spiro atoms. The van der Waals surface area contributed by atoms with Crippen LogP contribution in [0.1, 0.15) is 50.5 Å². The van der Waals surface area contributed by atoms with Crippen molar-refractivity contribution in [2.75, 3.05) is 0 Å². The molecule has 0 radical (unpaired) electrons. The van der Waals surface area contributed by atoms with Gasteiger partial charge in [0.05, 0.1) is 6.20 Å². The Morgan fingerprint density at radius 1 is 1.53 bits per heavy atom. The number of ketones is 1. The maximum atomic E-state index is 11.9. The first-order valence-electron chi connectivity index (χ1n) is 5.60. The number of nitrogens with zero attached hydrogens (tertiary/aromatic N) is 3. The van der Waals surface area contributed by atoms with Crippen molar-refractivity contribution >= 4 is 5.78 Å². The molecule has 1 aromatic rings. The fraction of sp³-hybridized carbons (Fsp3) is 0.727. The second-order valence-electron chi connectivity index (χ2n) is 3.98. The molecule has 15 heavy (non-hydrogen) atoms. The van der Waals surface area contributed by atoms with Gasteiger partial charge in [-0.25, -0.2) is 4.68 Å². The van der Waals surface area contributed by atoms with E-state index in [2.05, 4.69) is 31.1 Å². The van der Waals surface area contributed by atoms with Gasteiger partial charge in [-0.05, 0) is 12.3 Å². The number of hydrogen-bond acceptors (Lipinski definition) is 3. The third-order valence-corrected chi connectivity index (χ3v) is 2.57. The normalized spacial score (nSPS) is 12.7. The van der Waals surface area contributed by atoms with Crippen LogP contribution in [0.4, 0.5) is 0 Å². The Bertz CT molecular complexity index is 319. The fourth-order valence-electron chi connectivity index (χ4n) is 1.42. The van der Waals surface area contributed by atoms with Crippen LogP contribution in [0.25, 0.3) is 0 Å². The van der Waals surface area contributed by atoms with E-state index in [9.17, 15) is 4.79 Å². The number of aryl methyl sites for hydroxylation is 1. The van der Waals surface area contributed by atoms with Gasteiger partial charge in [0.1, 0.15) is 5.69 Å². The van der Waals surface area contributed by atoms with Gasteiger partial charge < -0.3 is 0 Å². The summed E-state index contributed by atoms with van der Waals surface area (Å²) in [7, 11) is 0. The van der Waals surface area contributed by atoms with E-state index in [0.29, 0.717) is 18.0 Å². The third-order valence-electron chi connectivity index (χ3n) is 2.57. The number of rotatable bonds is 6. The molecule has 0 aromatic carbocycles. The van der Waals surface area contributed by atoms with E-state index in [1.54, 1.807) is 10.9 Å². The Kier molecular flexibility index (Phi) is 4.46. The molecule has 4 nitrogen and oxygen atoms in total. The molecule has 0 bridgehead atoms. The molecule has 0 fully saturated rings. The van der Waals surface area contributed by atoms with Crippen LogP contribution in [0.5, 0.6) is 0 Å². The predicted octanol–water partition coefficient (Wildman–Crippen LogP) is 2.31. The largest absolute Gasteiger partial charge is 0.292 e. The minimum Gasteiger partial charge on any atom is -0.292 e. The zero-order valence-electron chi connectivity index (χ0n) is 9.73. The molecule has 0 saturated heterocycles. The highest BCUT2D eigenvalue weighted by Crippen LogP contribution is 2.11. The van der Waals surface area contributed by atoms with Crippen LogP contribution in [-0.4, -0.2) is 20.8 Å². The maximum Gasteiger partial charge on any atom is 0.182 e. The summed E-state index contributed by atoms with van der Waals surface area (Å²) in [6.07, 6.45) is 4.15. The average molecular weight is 209 g/mol. The average Bonchev–Trinajstić information content (AvgIpc) is 2.66. The molecule has 1 rings (SSSR count). The molecule has 0 saturated carbocycles. The Morgan fingerprint density at radius 2 is 2.27 bits per heavy atom. The Labute approximate surface area is 90.7 Å². The zero-order chi connectivity index (χ0) is 11.3. The molecule has 0 aliphatic rings. The topological polar surface area (TPSA) is 47.8 Å². The third kappa shape index (κ3) is 3.15. The number of hydrogen-bond donors (Lipinski definition) is 0. The monoisotopic (exact) mass is 209 g/mol. The summed E-state index contributed by atoms with van der Waals surface area (Å²) >= 11 is 0. The molecule has 0 amide bonds. The van der Waals surface area contributed by atoms with Crippen LogP contribution < -0.4 is 0 Å². The van der Waals surface area contributed by atoms with Crippen molar-refractivity contribution in [2.24, 2.45) is 5.92 Å². The Morgan fingerprint density at radius 3 is 2.87 bits per heavy atom. The summed E-state index contributed by atoms with van der Waals surface area (Å²) < 4.78 is 1.70. The summed E-state index contributed by atoms with van der Waals surface area (Å²) in [5, 5.41) is 7.69. The molecule has 0 N–H and O–H groups in total. The first-order valence-corrected chi connectivity index (χ1v) is 5.60. The minimum absolute atomic E-state index is 0.155. The molecular weight excluding hydrogens is 190 g/mol. The molecule has 0 aliphatic carbocycles. The second-order valence-corrected chi connectivity index (χ2v) is 3.98. The van der Waals surface area contributed by atoms with Crippen LogP contribution in [0, 0.1) is 5.92 Å². The molecule has 1 unspecified atom stereocenters. The van der Waals surface area contributed by atoms with Crippen LogP contribution in [0.3, 0.4) is 0 Å². The summed E-state index contributed by atoms with van der Waals surface area (Å²) in [6, 6.07) is 0. The Hall–Kier alpha value is -1.19. The standard InChI is InChI=1S/C11H19N3O/c1-4-6-14-10(8-12-13-14)11(15)7-9(3)5-2/h8-9H,4-7H2,1-3H3. The van der Waals surface area contributed by atoms with Crippen LogP contribution >= 0.6 is 0 Å². The van der Waals surface area contributed by atoms with Crippen molar-refractivity contribution in [1.82, 2.24) is 15.0 Å². The number of carbonyl (C=O) groups is 1. The maximum absolute atomic E-state index is 11.9. The van der Waals surface area contributed by atoms with Gasteiger partial charge in [-0.3, -0.25) is 4.79 Å². The van der Waals surface area contributed by atoms with Gasteiger partial charge in [0.15, 0.2) is 5.78 Å². The van der Waals surface area contributed by atoms with Gasteiger partial charge >= 0.3 is 0 Å². The van der Waals surface area contributed by atoms with E-state index in [1.807, 2.05) is 0 Å². The van der Waals surface area contributed by atoms with E-state index in [-0.39, 0.29) is 5.78 Å². The lowest BCUT2D eigenvalue weighted by Gasteiger charge is -2.07. The summed E-state index contributed by atoms with van der Waals surface area (Å²) in [5.41, 5.74) is 0.650. The molecule has 1 atom stereocenters. The second kappa shape index (κ2) is 5.63. The highest BCUT2D eigenvalue weighted by Gasteiger charge is 2.14. The van der Waals surface area contributed by atoms with Crippen LogP contribution in [0.2, 0.25) is 0 Å². The lowest BCUT2D eigenvalue weighted by Crippen LogP contribution is -2.12. The quantitative estimate of drug-likeness (QED) is 0.675. The van der Waals surface area contributed by atoms with E-state index < -0.39 is 0 Å². The van der Waals surface area contributed by atoms with E-state index in [0.717, 1.165) is 19.4 Å². The van der Waals surface area contributed by atoms with Crippen molar-refractivity contribution in [3.05, 3.63) is 11.9 Å². The number of carbonyl (C=O) groups excluding carboxylic acids is 1. The highest BCUT2D eigenvalue weighted by molar-refractivity contribution is 5.94. The van der Waals surface area contributed by atoms with Crippen molar-refractivity contribution < 1.29 is 4.79 Å². The fourth-order valence-corrected chi connectivity index (χ4v) is 1.42. The minimum atomic E-state index is 0.155. The lowest BCUT2D eigenvalue weighted by atomic mass is 10.0. The van der Waals surface area contributed by atoms with Crippen molar-refractivity contribution in [3.8, 4) is 0 Å². The molecule has 1 aromatic heterocycles. The first-order chi connectivity index (χ1) is 7.19. The molecule has 0 aliphatic heterocycles. The summed E-state index contributed by atoms with van der Waals surface area (Å²) in [5.74, 6) is 0.588. The smallest absolute Gasteiger partial charge is 0.182 e. The first kappa shape index (κ1) is 11.9. The zero-order valence-corrected chi connectivity index (χ0v) is 9.73. The number of aromatic nitrogens is 3.